The van der Waals surface area contributed by atoms with Crippen molar-refractivity contribution in [1.29, 1.82) is 0 Å². The van der Waals surface area contributed by atoms with Gasteiger partial charge in [0, 0.05) is 17.3 Å². The topological polar surface area (TPSA) is 72.3 Å². The largest absolute Gasteiger partial charge is 0.294 e. The molecule has 0 radical (unpaired) electrons. The minimum absolute atomic E-state index is 0.00471. The summed E-state index contributed by atoms with van der Waals surface area (Å²) in [5.41, 5.74) is 4.42. The van der Waals surface area contributed by atoms with E-state index in [1.165, 1.54) is 32.1 Å². The third kappa shape index (κ3) is 4.09. The summed E-state index contributed by atoms with van der Waals surface area (Å²) in [4.78, 5) is 32.6. The van der Waals surface area contributed by atoms with Crippen LogP contribution in [-0.2, 0) is 6.42 Å². The molecule has 4 rings (SSSR count). The molecule has 0 amide bonds. The van der Waals surface area contributed by atoms with Gasteiger partial charge in [0.1, 0.15) is 5.69 Å². The first-order valence-corrected chi connectivity index (χ1v) is 10.9. The van der Waals surface area contributed by atoms with Crippen molar-refractivity contribution in [2.24, 2.45) is 11.1 Å². The van der Waals surface area contributed by atoms with E-state index in [0.29, 0.717) is 22.7 Å². The zero-order chi connectivity index (χ0) is 21.3. The minimum atomic E-state index is -0.00471. The van der Waals surface area contributed by atoms with Gasteiger partial charge in [-0.3, -0.25) is 9.78 Å². The van der Waals surface area contributed by atoms with Crippen LogP contribution in [0.2, 0.25) is 10.0 Å². The summed E-state index contributed by atoms with van der Waals surface area (Å²) in [7, 11) is 0. The SMILES string of the molecule is CC(=O)c1cnc2ccc(-c3cc(Cl)c(N=O)c(Cl)c3)nc2c1CC1CCCCC1. The van der Waals surface area contributed by atoms with Gasteiger partial charge in [0.2, 0.25) is 0 Å². The van der Waals surface area contributed by atoms with Crippen LogP contribution < -0.4 is 0 Å². The fourth-order valence-corrected chi connectivity index (χ4v) is 4.83. The van der Waals surface area contributed by atoms with Gasteiger partial charge >= 0.3 is 0 Å². The zero-order valence-corrected chi connectivity index (χ0v) is 18.1. The summed E-state index contributed by atoms with van der Waals surface area (Å²) in [6, 6.07) is 6.98. The third-order valence-corrected chi connectivity index (χ3v) is 6.39. The van der Waals surface area contributed by atoms with Crippen LogP contribution in [0.5, 0.6) is 0 Å². The van der Waals surface area contributed by atoms with E-state index in [0.717, 1.165) is 23.0 Å². The quantitative estimate of drug-likeness (QED) is 0.306. The monoisotopic (exact) mass is 441 g/mol. The number of nitroso groups, excluding NO2 is 1. The molecule has 0 atom stereocenters. The molecule has 0 N–H and O–H groups in total. The van der Waals surface area contributed by atoms with Gasteiger partial charge in [0.25, 0.3) is 0 Å². The summed E-state index contributed by atoms with van der Waals surface area (Å²) in [5, 5.41) is 3.23. The molecule has 0 unspecified atom stereocenters. The van der Waals surface area contributed by atoms with E-state index in [-0.39, 0.29) is 21.5 Å². The van der Waals surface area contributed by atoms with Crippen molar-refractivity contribution in [2.45, 2.75) is 45.4 Å². The highest BCUT2D eigenvalue weighted by molar-refractivity contribution is 6.39. The number of halogens is 2. The molecule has 1 aliphatic rings. The lowest BCUT2D eigenvalue weighted by atomic mass is 9.83. The van der Waals surface area contributed by atoms with Crippen LogP contribution in [-0.4, -0.2) is 15.8 Å². The third-order valence-electron chi connectivity index (χ3n) is 5.82. The Bertz CT molecular complexity index is 1120. The highest BCUT2D eigenvalue weighted by Crippen LogP contribution is 2.38. The molecule has 30 heavy (non-hydrogen) atoms. The lowest BCUT2D eigenvalue weighted by molar-refractivity contribution is 0.101. The Balaban J connectivity index is 1.85. The maximum Gasteiger partial charge on any atom is 0.161 e. The van der Waals surface area contributed by atoms with Gasteiger partial charge in [0.05, 0.1) is 26.8 Å². The predicted molar refractivity (Wildman–Crippen MR) is 121 cm³/mol. The molecule has 0 saturated heterocycles. The van der Waals surface area contributed by atoms with Crippen molar-refractivity contribution in [1.82, 2.24) is 9.97 Å². The van der Waals surface area contributed by atoms with Crippen LogP contribution in [0.25, 0.3) is 22.3 Å². The van der Waals surface area contributed by atoms with Crippen LogP contribution in [0, 0.1) is 10.8 Å². The second kappa shape index (κ2) is 8.78. The molecule has 0 aliphatic heterocycles. The molecule has 7 heteroatoms. The Morgan fingerprint density at radius 3 is 2.47 bits per heavy atom. The summed E-state index contributed by atoms with van der Waals surface area (Å²) in [6.45, 7) is 1.57. The normalized spacial score (nSPS) is 14.8. The molecule has 3 aromatic rings. The molecule has 1 aromatic carbocycles. The Morgan fingerprint density at radius 1 is 1.13 bits per heavy atom. The Morgan fingerprint density at radius 2 is 1.83 bits per heavy atom. The first kappa shape index (κ1) is 20.9. The van der Waals surface area contributed by atoms with Gasteiger partial charge in [-0.1, -0.05) is 55.3 Å². The molecule has 1 saturated carbocycles. The van der Waals surface area contributed by atoms with Crippen molar-refractivity contribution in [2.75, 3.05) is 0 Å². The number of pyridine rings is 2. The van der Waals surface area contributed by atoms with Crippen LogP contribution in [0.3, 0.4) is 0 Å². The van der Waals surface area contributed by atoms with E-state index in [9.17, 15) is 9.70 Å². The number of carbonyl (C=O) groups is 1. The van der Waals surface area contributed by atoms with Crippen LogP contribution >= 0.6 is 23.2 Å². The van der Waals surface area contributed by atoms with Crippen molar-refractivity contribution in [3.05, 3.63) is 56.5 Å². The summed E-state index contributed by atoms with van der Waals surface area (Å²) in [5.74, 6) is 0.546. The zero-order valence-electron chi connectivity index (χ0n) is 16.6. The van der Waals surface area contributed by atoms with Crippen LogP contribution in [0.4, 0.5) is 5.69 Å². The lowest BCUT2D eigenvalue weighted by Crippen LogP contribution is -2.13. The number of aromatic nitrogens is 2. The molecule has 154 valence electrons. The van der Waals surface area contributed by atoms with Crippen LogP contribution in [0.1, 0.15) is 54.9 Å². The highest BCUT2D eigenvalue weighted by Gasteiger charge is 2.21. The number of rotatable bonds is 5. The van der Waals surface area contributed by atoms with E-state index in [1.807, 2.05) is 12.1 Å². The van der Waals surface area contributed by atoms with E-state index in [2.05, 4.69) is 10.2 Å². The summed E-state index contributed by atoms with van der Waals surface area (Å²) < 4.78 is 0. The maximum absolute atomic E-state index is 12.3. The molecule has 0 spiro atoms. The summed E-state index contributed by atoms with van der Waals surface area (Å²) >= 11 is 12.3. The predicted octanol–water partition coefficient (Wildman–Crippen LogP) is 7.33. The number of hydrogen-bond acceptors (Lipinski definition) is 5. The molecule has 1 aliphatic carbocycles. The number of nitrogens with zero attached hydrogens (tertiary/aromatic N) is 3. The van der Waals surface area contributed by atoms with Crippen molar-refractivity contribution >= 4 is 45.7 Å². The Kier molecular flexibility index (Phi) is 6.11. The van der Waals surface area contributed by atoms with Crippen molar-refractivity contribution in [3.63, 3.8) is 0 Å². The molecule has 2 aromatic heterocycles. The molecular formula is C23H21Cl2N3O2. The second-order valence-electron chi connectivity index (χ2n) is 7.86. The average Bonchev–Trinajstić information content (AvgIpc) is 2.74. The van der Waals surface area contributed by atoms with E-state index >= 15 is 0 Å². The fourth-order valence-electron chi connectivity index (χ4n) is 4.27. The van der Waals surface area contributed by atoms with Gasteiger partial charge in [-0.15, -0.1) is 4.91 Å². The average molecular weight is 442 g/mol. The summed E-state index contributed by atoms with van der Waals surface area (Å²) in [6.07, 6.45) is 8.58. The van der Waals surface area contributed by atoms with Gasteiger partial charge in [0.15, 0.2) is 5.78 Å². The number of fused-ring (bicyclic) bond motifs is 1. The molecule has 1 fully saturated rings. The van der Waals surface area contributed by atoms with Gasteiger partial charge in [-0.2, -0.15) is 0 Å². The number of Topliss-reactive ketones (excluding diaryl/α,β-unsaturated/α-hetero) is 1. The number of benzene rings is 1. The first-order valence-electron chi connectivity index (χ1n) is 10.1. The molecule has 5 nitrogen and oxygen atoms in total. The van der Waals surface area contributed by atoms with E-state index in [4.69, 9.17) is 28.2 Å². The van der Waals surface area contributed by atoms with Gasteiger partial charge in [-0.25, -0.2) is 4.98 Å². The number of carbonyl (C=O) groups excluding carboxylic acids is 1. The maximum atomic E-state index is 12.3. The molecule has 2 heterocycles. The first-order chi connectivity index (χ1) is 14.5. The Hall–Kier alpha value is -2.37. The van der Waals surface area contributed by atoms with E-state index < -0.39 is 0 Å². The standard InChI is InChI=1S/C23H21Cl2N3O2/c1-13(29)17-12-26-21-8-7-20(15-10-18(24)23(28-30)19(25)11-15)27-22(21)16(17)9-14-5-3-2-4-6-14/h7-8,10-12,14H,2-6,9H2,1H3. The minimum Gasteiger partial charge on any atom is -0.294 e. The second-order valence-corrected chi connectivity index (χ2v) is 8.67. The van der Waals surface area contributed by atoms with Gasteiger partial charge in [-0.05, 0) is 54.3 Å². The lowest BCUT2D eigenvalue weighted by Gasteiger charge is -2.23. The Labute approximate surface area is 184 Å². The van der Waals surface area contributed by atoms with Crippen LogP contribution in [0.15, 0.2) is 35.6 Å². The van der Waals surface area contributed by atoms with Gasteiger partial charge < -0.3 is 0 Å². The fraction of sp³-hybridized carbons (Fsp3) is 0.348. The number of ketones is 1. The van der Waals surface area contributed by atoms with Crippen molar-refractivity contribution < 1.29 is 4.79 Å². The molecule has 0 bridgehead atoms. The van der Waals surface area contributed by atoms with E-state index in [1.54, 1.807) is 25.3 Å². The molecular weight excluding hydrogens is 421 g/mol. The highest BCUT2D eigenvalue weighted by atomic mass is 35.5. The smallest absolute Gasteiger partial charge is 0.161 e. The number of hydrogen-bond donors (Lipinski definition) is 0. The van der Waals surface area contributed by atoms with Crippen molar-refractivity contribution in [3.8, 4) is 11.3 Å².